The van der Waals surface area contributed by atoms with Crippen LogP contribution in [0.15, 0.2) is 35.6 Å². The summed E-state index contributed by atoms with van der Waals surface area (Å²) in [4.78, 5) is 4.61. The van der Waals surface area contributed by atoms with Crippen LogP contribution in [0, 0.1) is 0 Å². The Bertz CT molecular complexity index is 713. The lowest BCUT2D eigenvalue weighted by atomic mass is 10.1. The Kier molecular flexibility index (Phi) is 7.54. The van der Waals surface area contributed by atoms with Gasteiger partial charge in [-0.15, -0.1) is 24.0 Å². The zero-order valence-corrected chi connectivity index (χ0v) is 17.1. The van der Waals surface area contributed by atoms with Gasteiger partial charge < -0.3 is 15.4 Å². The third kappa shape index (κ3) is 5.62. The van der Waals surface area contributed by atoms with Crippen molar-refractivity contribution in [3.8, 4) is 5.75 Å². The van der Waals surface area contributed by atoms with Gasteiger partial charge in [0.15, 0.2) is 5.96 Å². The molecular formula is C18H26IN5O. The molecule has 0 atom stereocenters. The normalized spacial score (nSPS) is 13.0. The van der Waals surface area contributed by atoms with Crippen molar-refractivity contribution in [2.24, 2.45) is 12.0 Å². The number of fused-ring (bicyclic) bond motifs is 1. The number of aliphatic imine (C=N–C) groups is 1. The summed E-state index contributed by atoms with van der Waals surface area (Å²) < 4.78 is 7.35. The number of nitrogens with zero attached hydrogens (tertiary/aromatic N) is 3. The van der Waals surface area contributed by atoms with Crippen molar-refractivity contribution in [1.82, 2.24) is 20.4 Å². The lowest BCUT2D eigenvalue weighted by Crippen LogP contribution is -2.38. The van der Waals surface area contributed by atoms with Gasteiger partial charge in [0.1, 0.15) is 5.75 Å². The summed E-state index contributed by atoms with van der Waals surface area (Å²) in [5.74, 6) is 1.88. The Morgan fingerprint density at radius 3 is 2.96 bits per heavy atom. The van der Waals surface area contributed by atoms with Crippen molar-refractivity contribution in [1.29, 1.82) is 0 Å². The number of halogens is 1. The van der Waals surface area contributed by atoms with E-state index in [4.69, 9.17) is 4.74 Å². The molecule has 0 spiro atoms. The van der Waals surface area contributed by atoms with Gasteiger partial charge in [0.25, 0.3) is 0 Å². The van der Waals surface area contributed by atoms with Gasteiger partial charge in [0.2, 0.25) is 0 Å². The highest BCUT2D eigenvalue weighted by Crippen LogP contribution is 2.25. The van der Waals surface area contributed by atoms with Crippen LogP contribution in [0.5, 0.6) is 5.75 Å². The Morgan fingerprint density at radius 2 is 2.20 bits per heavy atom. The zero-order chi connectivity index (χ0) is 16.8. The Balaban J connectivity index is 0.00000225. The van der Waals surface area contributed by atoms with Crippen molar-refractivity contribution < 1.29 is 4.74 Å². The molecule has 2 aromatic rings. The molecule has 0 fully saturated rings. The van der Waals surface area contributed by atoms with Crippen LogP contribution in [0.25, 0.3) is 0 Å². The van der Waals surface area contributed by atoms with Gasteiger partial charge in [-0.25, -0.2) is 4.99 Å². The smallest absolute Gasteiger partial charge is 0.191 e. The number of aromatic nitrogens is 2. The standard InChI is InChI=1S/C18H25N5O.HI/c1-3-19-18(21-11-15-12-22-23(2)13-15)20-8-6-14-4-5-17-16(10-14)7-9-24-17;/h4-5,10,12-13H,3,6-9,11H2,1-2H3,(H2,19,20,21);1H. The number of hydrogen-bond donors (Lipinski definition) is 2. The van der Waals surface area contributed by atoms with Gasteiger partial charge in [0, 0.05) is 38.3 Å². The number of nitrogens with one attached hydrogen (secondary N) is 2. The van der Waals surface area contributed by atoms with Crippen molar-refractivity contribution >= 4 is 29.9 Å². The summed E-state index contributed by atoms with van der Waals surface area (Å²) in [5, 5.41) is 10.8. The molecule has 0 radical (unpaired) electrons. The fourth-order valence-corrected chi connectivity index (χ4v) is 2.79. The molecule has 0 saturated heterocycles. The molecule has 1 aliphatic heterocycles. The predicted octanol–water partition coefficient (Wildman–Crippen LogP) is 2.27. The second kappa shape index (κ2) is 9.65. The molecule has 0 aliphatic carbocycles. The maximum absolute atomic E-state index is 5.55. The predicted molar refractivity (Wildman–Crippen MR) is 111 cm³/mol. The molecule has 1 aromatic carbocycles. The summed E-state index contributed by atoms with van der Waals surface area (Å²) in [5.41, 5.74) is 3.76. The summed E-state index contributed by atoms with van der Waals surface area (Å²) >= 11 is 0. The first-order chi connectivity index (χ1) is 11.7. The van der Waals surface area contributed by atoms with Crippen LogP contribution >= 0.6 is 24.0 Å². The van der Waals surface area contributed by atoms with Crippen molar-refractivity contribution in [2.45, 2.75) is 26.3 Å². The lowest BCUT2D eigenvalue weighted by molar-refractivity contribution is 0.357. The first kappa shape index (κ1) is 19.6. The van der Waals surface area contributed by atoms with Crippen LogP contribution in [-0.4, -0.2) is 35.4 Å². The lowest BCUT2D eigenvalue weighted by Gasteiger charge is -2.11. The molecule has 0 unspecified atom stereocenters. The Labute approximate surface area is 166 Å². The van der Waals surface area contributed by atoms with Gasteiger partial charge >= 0.3 is 0 Å². The first-order valence-corrected chi connectivity index (χ1v) is 8.49. The third-order valence-electron chi connectivity index (χ3n) is 3.98. The highest BCUT2D eigenvalue weighted by Gasteiger charge is 2.11. The second-order valence-corrected chi connectivity index (χ2v) is 5.93. The van der Waals surface area contributed by atoms with Crippen LogP contribution in [0.2, 0.25) is 0 Å². The van der Waals surface area contributed by atoms with Gasteiger partial charge in [-0.2, -0.15) is 5.10 Å². The topological polar surface area (TPSA) is 63.5 Å². The van der Waals surface area contributed by atoms with E-state index in [1.165, 1.54) is 11.1 Å². The van der Waals surface area contributed by atoms with Crippen LogP contribution < -0.4 is 15.4 Å². The van der Waals surface area contributed by atoms with Crippen molar-refractivity contribution in [3.05, 3.63) is 47.3 Å². The molecule has 1 aromatic heterocycles. The van der Waals surface area contributed by atoms with E-state index in [1.54, 1.807) is 4.68 Å². The molecule has 25 heavy (non-hydrogen) atoms. The van der Waals surface area contributed by atoms with E-state index in [2.05, 4.69) is 45.8 Å². The fraction of sp³-hybridized carbons (Fsp3) is 0.444. The van der Waals surface area contributed by atoms with Crippen LogP contribution in [0.3, 0.4) is 0 Å². The average molecular weight is 455 g/mol. The number of ether oxygens (including phenoxy) is 1. The maximum Gasteiger partial charge on any atom is 0.191 e. The summed E-state index contributed by atoms with van der Waals surface area (Å²) in [6.45, 7) is 5.19. The molecule has 7 heteroatoms. The van der Waals surface area contributed by atoms with E-state index in [1.807, 2.05) is 19.4 Å². The number of aryl methyl sites for hydroxylation is 1. The van der Waals surface area contributed by atoms with E-state index in [0.29, 0.717) is 6.54 Å². The van der Waals surface area contributed by atoms with Crippen LogP contribution in [0.1, 0.15) is 23.6 Å². The van der Waals surface area contributed by atoms with Gasteiger partial charge in [-0.3, -0.25) is 4.68 Å². The summed E-state index contributed by atoms with van der Waals surface area (Å²) in [6.07, 6.45) is 5.82. The Hall–Kier alpha value is -1.77. The summed E-state index contributed by atoms with van der Waals surface area (Å²) in [7, 11) is 1.92. The monoisotopic (exact) mass is 455 g/mol. The Morgan fingerprint density at radius 1 is 1.32 bits per heavy atom. The minimum atomic E-state index is 0. The highest BCUT2D eigenvalue weighted by atomic mass is 127. The van der Waals surface area contributed by atoms with Gasteiger partial charge in [0.05, 0.1) is 19.3 Å². The van der Waals surface area contributed by atoms with Crippen LogP contribution in [0.4, 0.5) is 0 Å². The van der Waals surface area contributed by atoms with Gasteiger partial charge in [-0.1, -0.05) is 12.1 Å². The van der Waals surface area contributed by atoms with E-state index in [-0.39, 0.29) is 24.0 Å². The molecule has 1 aliphatic rings. The van der Waals surface area contributed by atoms with Crippen molar-refractivity contribution in [3.63, 3.8) is 0 Å². The zero-order valence-electron chi connectivity index (χ0n) is 14.8. The number of guanidine groups is 1. The maximum atomic E-state index is 5.55. The first-order valence-electron chi connectivity index (χ1n) is 8.49. The van der Waals surface area contributed by atoms with E-state index < -0.39 is 0 Å². The molecule has 0 amide bonds. The molecule has 0 saturated carbocycles. The molecule has 3 rings (SSSR count). The fourth-order valence-electron chi connectivity index (χ4n) is 2.79. The number of benzene rings is 1. The SMILES string of the molecule is CCNC(=NCc1cnn(C)c1)NCCc1ccc2c(c1)CCO2.I. The number of rotatable bonds is 6. The third-order valence-corrected chi connectivity index (χ3v) is 3.98. The second-order valence-electron chi connectivity index (χ2n) is 5.93. The molecule has 2 heterocycles. The molecule has 136 valence electrons. The van der Waals surface area contributed by atoms with E-state index in [0.717, 1.165) is 49.8 Å². The number of hydrogen-bond acceptors (Lipinski definition) is 3. The van der Waals surface area contributed by atoms with Gasteiger partial charge in [-0.05, 0) is 30.5 Å². The summed E-state index contributed by atoms with van der Waals surface area (Å²) in [6, 6.07) is 6.48. The minimum absolute atomic E-state index is 0. The average Bonchev–Trinajstić information content (AvgIpc) is 3.20. The molecular weight excluding hydrogens is 429 g/mol. The van der Waals surface area contributed by atoms with Crippen molar-refractivity contribution in [2.75, 3.05) is 19.7 Å². The quantitative estimate of drug-likeness (QED) is 0.399. The van der Waals surface area contributed by atoms with Crippen LogP contribution in [-0.2, 0) is 26.4 Å². The van der Waals surface area contributed by atoms with E-state index >= 15 is 0 Å². The molecule has 6 nitrogen and oxygen atoms in total. The largest absolute Gasteiger partial charge is 0.493 e. The van der Waals surface area contributed by atoms with E-state index in [9.17, 15) is 0 Å². The molecule has 0 bridgehead atoms. The molecule has 2 N–H and O–H groups in total. The highest BCUT2D eigenvalue weighted by molar-refractivity contribution is 14.0. The minimum Gasteiger partial charge on any atom is -0.493 e.